The van der Waals surface area contributed by atoms with Gasteiger partial charge in [0, 0.05) is 10.9 Å². The highest BCUT2D eigenvalue weighted by atomic mass is 19.3. The highest BCUT2D eigenvalue weighted by Gasteiger charge is 2.15. The van der Waals surface area contributed by atoms with Gasteiger partial charge < -0.3 is 4.74 Å². The van der Waals surface area contributed by atoms with Crippen molar-refractivity contribution in [1.82, 2.24) is 0 Å². The molecule has 1 rings (SSSR count). The lowest BCUT2D eigenvalue weighted by Crippen LogP contribution is -2.13. The molecule has 0 amide bonds. The van der Waals surface area contributed by atoms with Crippen LogP contribution in [0, 0.1) is 0 Å². The normalized spacial score (nSPS) is 9.71. The summed E-state index contributed by atoms with van der Waals surface area (Å²) < 4.78 is 16.7. The molecule has 0 radical (unpaired) electrons. The molecule has 0 aliphatic rings. The summed E-state index contributed by atoms with van der Waals surface area (Å²) in [6.45, 7) is 0.446. The molecule has 17 heavy (non-hydrogen) atoms. The second-order valence-electron chi connectivity index (χ2n) is 3.41. The average Bonchev–Trinajstić information content (AvgIpc) is 2.38. The van der Waals surface area contributed by atoms with Crippen LogP contribution in [0.25, 0.3) is 0 Å². The van der Waals surface area contributed by atoms with Crippen molar-refractivity contribution < 1.29 is 23.8 Å². The SMILES string of the molecule is O=C(CCCCOc1ccccc1)C(=O)OF. The second-order valence-corrected chi connectivity index (χ2v) is 3.41. The Labute approximate surface area is 98.2 Å². The monoisotopic (exact) mass is 240 g/mol. The molecule has 0 aliphatic heterocycles. The van der Waals surface area contributed by atoms with Gasteiger partial charge in [0.2, 0.25) is 5.78 Å². The van der Waals surface area contributed by atoms with E-state index in [0.29, 0.717) is 19.4 Å². The van der Waals surface area contributed by atoms with Gasteiger partial charge in [0.05, 0.1) is 6.61 Å². The number of ketones is 1. The van der Waals surface area contributed by atoms with Gasteiger partial charge in [-0.3, -0.25) is 4.79 Å². The number of benzene rings is 1. The van der Waals surface area contributed by atoms with E-state index in [4.69, 9.17) is 4.74 Å². The molecular weight excluding hydrogens is 227 g/mol. The Morgan fingerprint density at radius 2 is 1.82 bits per heavy atom. The largest absolute Gasteiger partial charge is 0.494 e. The molecular formula is C12H13FO4. The molecule has 0 saturated heterocycles. The van der Waals surface area contributed by atoms with Crippen LogP contribution in [-0.2, 0) is 14.5 Å². The van der Waals surface area contributed by atoms with E-state index < -0.39 is 11.8 Å². The van der Waals surface area contributed by atoms with E-state index in [9.17, 15) is 14.1 Å². The molecule has 0 N–H and O–H groups in total. The number of para-hydroxylation sites is 1. The van der Waals surface area contributed by atoms with E-state index >= 15 is 0 Å². The van der Waals surface area contributed by atoms with Gasteiger partial charge in [0.15, 0.2) is 0 Å². The van der Waals surface area contributed by atoms with Gasteiger partial charge in [-0.2, -0.15) is 0 Å². The summed E-state index contributed by atoms with van der Waals surface area (Å²) in [6.07, 6.45) is 1.04. The van der Waals surface area contributed by atoms with Crippen molar-refractivity contribution in [2.45, 2.75) is 19.3 Å². The summed E-state index contributed by atoms with van der Waals surface area (Å²) in [5, 5.41) is 0. The number of rotatable bonds is 7. The van der Waals surface area contributed by atoms with Gasteiger partial charge in [-0.25, -0.2) is 9.74 Å². The molecule has 0 aromatic heterocycles. The minimum atomic E-state index is -1.44. The van der Waals surface area contributed by atoms with Gasteiger partial charge in [-0.15, -0.1) is 0 Å². The van der Waals surface area contributed by atoms with Crippen molar-refractivity contribution in [3.05, 3.63) is 30.3 Å². The lowest BCUT2D eigenvalue weighted by atomic mass is 10.2. The average molecular weight is 240 g/mol. The number of carbonyl (C=O) groups excluding carboxylic acids is 2. The smallest absolute Gasteiger partial charge is 0.414 e. The summed E-state index contributed by atoms with van der Waals surface area (Å²) in [4.78, 5) is 24.1. The summed E-state index contributed by atoms with van der Waals surface area (Å²) in [7, 11) is 0. The lowest BCUT2D eigenvalue weighted by Gasteiger charge is -2.04. The van der Waals surface area contributed by atoms with Crippen LogP contribution in [0.3, 0.4) is 0 Å². The van der Waals surface area contributed by atoms with Crippen LogP contribution in [-0.4, -0.2) is 18.4 Å². The predicted octanol–water partition coefficient (Wildman–Crippen LogP) is 2.23. The van der Waals surface area contributed by atoms with Crippen molar-refractivity contribution in [3.8, 4) is 5.75 Å². The highest BCUT2D eigenvalue weighted by Crippen LogP contribution is 2.09. The second kappa shape index (κ2) is 7.38. The number of hydrogen-bond donors (Lipinski definition) is 0. The van der Waals surface area contributed by atoms with E-state index in [0.717, 1.165) is 5.75 Å². The Bertz CT molecular complexity index is 364. The van der Waals surface area contributed by atoms with Crippen LogP contribution in [0.15, 0.2) is 30.3 Å². The van der Waals surface area contributed by atoms with Gasteiger partial charge in [0.1, 0.15) is 5.75 Å². The Morgan fingerprint density at radius 3 is 2.47 bits per heavy atom. The fraction of sp³-hybridized carbons (Fsp3) is 0.333. The van der Waals surface area contributed by atoms with Crippen LogP contribution in [0.1, 0.15) is 19.3 Å². The first-order valence-corrected chi connectivity index (χ1v) is 5.27. The maximum absolute atomic E-state index is 11.3. The molecule has 0 unspecified atom stereocenters. The van der Waals surface area contributed by atoms with Gasteiger partial charge in [-0.05, 0) is 25.0 Å². The Kier molecular flexibility index (Phi) is 5.71. The van der Waals surface area contributed by atoms with Crippen molar-refractivity contribution >= 4 is 11.8 Å². The van der Waals surface area contributed by atoms with E-state index in [2.05, 4.69) is 4.94 Å². The molecule has 0 fully saturated rings. The van der Waals surface area contributed by atoms with E-state index in [1.54, 1.807) is 0 Å². The van der Waals surface area contributed by atoms with Crippen molar-refractivity contribution in [2.24, 2.45) is 0 Å². The van der Waals surface area contributed by atoms with E-state index in [1.807, 2.05) is 30.3 Å². The molecule has 0 spiro atoms. The number of halogens is 1. The van der Waals surface area contributed by atoms with Gasteiger partial charge >= 0.3 is 5.97 Å². The number of Topliss-reactive ketones (excluding diaryl/α,β-unsaturated/α-hetero) is 1. The summed E-state index contributed by atoms with van der Waals surface area (Å²) in [5.41, 5.74) is 0. The third-order valence-electron chi connectivity index (χ3n) is 2.11. The molecule has 1 aromatic carbocycles. The zero-order valence-electron chi connectivity index (χ0n) is 9.23. The molecule has 5 heteroatoms. The molecule has 1 aromatic rings. The fourth-order valence-electron chi connectivity index (χ4n) is 1.24. The standard InChI is InChI=1S/C12H13FO4/c13-17-12(15)11(14)8-4-5-9-16-10-6-2-1-3-7-10/h1-3,6-7H,4-5,8-9H2. The van der Waals surface area contributed by atoms with Crippen molar-refractivity contribution in [2.75, 3.05) is 6.61 Å². The molecule has 0 aliphatic carbocycles. The molecule has 0 saturated carbocycles. The first kappa shape index (κ1) is 13.2. The minimum Gasteiger partial charge on any atom is -0.494 e. The first-order valence-electron chi connectivity index (χ1n) is 5.27. The topological polar surface area (TPSA) is 52.6 Å². The predicted molar refractivity (Wildman–Crippen MR) is 58.0 cm³/mol. The molecule has 0 heterocycles. The Hall–Kier alpha value is -1.91. The minimum absolute atomic E-state index is 0.0269. The lowest BCUT2D eigenvalue weighted by molar-refractivity contribution is -0.186. The van der Waals surface area contributed by atoms with Crippen molar-refractivity contribution in [1.29, 1.82) is 0 Å². The Balaban J connectivity index is 2.09. The fourth-order valence-corrected chi connectivity index (χ4v) is 1.24. The van der Waals surface area contributed by atoms with Crippen LogP contribution < -0.4 is 4.74 Å². The summed E-state index contributed by atoms with van der Waals surface area (Å²) >= 11 is 0. The molecule has 0 bridgehead atoms. The summed E-state index contributed by atoms with van der Waals surface area (Å²) in [5.74, 6) is -1.54. The zero-order chi connectivity index (χ0) is 12.5. The maximum Gasteiger partial charge on any atom is 0.414 e. The Morgan fingerprint density at radius 1 is 1.12 bits per heavy atom. The highest BCUT2D eigenvalue weighted by molar-refractivity contribution is 6.33. The third kappa shape index (κ3) is 5.10. The van der Waals surface area contributed by atoms with Gasteiger partial charge in [-0.1, -0.05) is 18.2 Å². The van der Waals surface area contributed by atoms with Crippen molar-refractivity contribution in [3.63, 3.8) is 0 Å². The van der Waals surface area contributed by atoms with Crippen LogP contribution in [0.4, 0.5) is 4.53 Å². The number of unbranched alkanes of at least 4 members (excludes halogenated alkanes) is 1. The maximum atomic E-state index is 11.3. The quantitative estimate of drug-likeness (QED) is 0.541. The van der Waals surface area contributed by atoms with E-state index in [-0.39, 0.29) is 6.42 Å². The summed E-state index contributed by atoms with van der Waals surface area (Å²) in [6, 6.07) is 9.25. The zero-order valence-corrected chi connectivity index (χ0v) is 9.23. The van der Waals surface area contributed by atoms with Gasteiger partial charge in [0.25, 0.3) is 0 Å². The van der Waals surface area contributed by atoms with Crippen LogP contribution >= 0.6 is 0 Å². The van der Waals surface area contributed by atoms with E-state index in [1.165, 1.54) is 0 Å². The third-order valence-corrected chi connectivity index (χ3v) is 2.11. The first-order chi connectivity index (χ1) is 8.24. The number of carbonyl (C=O) groups is 2. The number of hydrogen-bond acceptors (Lipinski definition) is 4. The van der Waals surface area contributed by atoms with Crippen LogP contribution in [0.5, 0.6) is 5.75 Å². The molecule has 4 nitrogen and oxygen atoms in total. The molecule has 0 atom stereocenters. The van der Waals surface area contributed by atoms with Crippen LogP contribution in [0.2, 0.25) is 0 Å². The number of ether oxygens (including phenoxy) is 1. The molecule has 92 valence electrons.